The molecule has 0 saturated carbocycles. The summed E-state index contributed by atoms with van der Waals surface area (Å²) in [6.45, 7) is -2.36. The minimum absolute atomic E-state index is 0.173. The Balaban J connectivity index is 2.47. The van der Waals surface area contributed by atoms with Crippen molar-refractivity contribution in [2.45, 2.75) is 12.3 Å². The summed E-state index contributed by atoms with van der Waals surface area (Å²) in [4.78, 5) is 11.4. The molecule has 0 radical (unpaired) electrons. The molecule has 0 heterocycles. The zero-order valence-electron chi connectivity index (χ0n) is 10.0. The maximum Gasteiger partial charge on any atom is 0.330 e. The molecule has 1 aromatic rings. The second kappa shape index (κ2) is 6.76. The quantitative estimate of drug-likeness (QED) is 0.627. The summed E-state index contributed by atoms with van der Waals surface area (Å²) < 4.78 is 52.9. The Morgan fingerprint density at radius 2 is 2.10 bits per heavy atom. The van der Waals surface area contributed by atoms with Crippen LogP contribution >= 0.6 is 11.6 Å². The van der Waals surface area contributed by atoms with Gasteiger partial charge in [0.1, 0.15) is 13.2 Å². The molecule has 0 aromatic heterocycles. The monoisotopic (exact) mass is 314 g/mol. The van der Waals surface area contributed by atoms with Crippen LogP contribution in [0.2, 0.25) is 5.02 Å². The molecule has 0 spiro atoms. The average Bonchev–Trinajstić information content (AvgIpc) is 2.33. The summed E-state index contributed by atoms with van der Waals surface area (Å²) in [5.74, 6) is -5.11. The number of nitrogens with one attached hydrogen (secondary N) is 1. The number of halogens is 5. The van der Waals surface area contributed by atoms with Gasteiger partial charge in [0.15, 0.2) is 0 Å². The molecule has 9 heteroatoms. The van der Waals surface area contributed by atoms with Crippen LogP contribution in [-0.4, -0.2) is 31.5 Å². The van der Waals surface area contributed by atoms with Crippen LogP contribution in [0.5, 0.6) is 0 Å². The van der Waals surface area contributed by atoms with Crippen LogP contribution in [0.1, 0.15) is 0 Å². The number of benzene rings is 1. The molecule has 20 heavy (non-hydrogen) atoms. The predicted molar refractivity (Wildman–Crippen MR) is 66.3 cm³/mol. The molecule has 3 N–H and O–H groups in total. The molecule has 4 nitrogen and oxygen atoms in total. The van der Waals surface area contributed by atoms with Gasteiger partial charge >= 0.3 is 12.3 Å². The minimum atomic E-state index is -4.30. The standard InChI is InChI=1S/C11H11ClF4N2O2/c12-6-1-2-7(17)8(3-6)18-9(19)4-20-5-11(15,16)10(13)14/h1-3,10H,4-5,17H2,(H,18,19). The van der Waals surface area contributed by atoms with Gasteiger partial charge in [-0.3, -0.25) is 4.79 Å². The average molecular weight is 315 g/mol. The van der Waals surface area contributed by atoms with Gasteiger partial charge in [-0.15, -0.1) is 0 Å². The van der Waals surface area contributed by atoms with Crippen LogP contribution in [-0.2, 0) is 9.53 Å². The van der Waals surface area contributed by atoms with Crippen LogP contribution < -0.4 is 11.1 Å². The molecule has 0 bridgehead atoms. The lowest BCUT2D eigenvalue weighted by atomic mass is 10.2. The van der Waals surface area contributed by atoms with Gasteiger partial charge in [0.25, 0.3) is 0 Å². The maximum atomic E-state index is 12.5. The first-order chi connectivity index (χ1) is 9.22. The molecule has 0 saturated heterocycles. The molecule has 1 aromatic carbocycles. The molecule has 0 aliphatic rings. The third-order valence-corrected chi connectivity index (χ3v) is 2.37. The van der Waals surface area contributed by atoms with E-state index >= 15 is 0 Å². The summed E-state index contributed by atoms with van der Waals surface area (Å²) in [5, 5.41) is 2.57. The number of rotatable bonds is 6. The van der Waals surface area contributed by atoms with Crippen LogP contribution in [0.3, 0.4) is 0 Å². The van der Waals surface area contributed by atoms with E-state index in [2.05, 4.69) is 10.1 Å². The fourth-order valence-electron chi connectivity index (χ4n) is 1.17. The van der Waals surface area contributed by atoms with Crippen LogP contribution in [0.25, 0.3) is 0 Å². The number of nitrogen functional groups attached to an aromatic ring is 1. The lowest BCUT2D eigenvalue weighted by Gasteiger charge is -2.15. The Morgan fingerprint density at radius 1 is 1.45 bits per heavy atom. The topological polar surface area (TPSA) is 64.3 Å². The highest BCUT2D eigenvalue weighted by Crippen LogP contribution is 2.24. The maximum absolute atomic E-state index is 12.5. The fourth-order valence-corrected chi connectivity index (χ4v) is 1.34. The van der Waals surface area contributed by atoms with Crippen molar-refractivity contribution in [3.05, 3.63) is 23.2 Å². The van der Waals surface area contributed by atoms with Gasteiger partial charge in [0.2, 0.25) is 5.91 Å². The molecule has 1 rings (SSSR count). The van der Waals surface area contributed by atoms with Gasteiger partial charge in [-0.05, 0) is 18.2 Å². The van der Waals surface area contributed by atoms with Crippen molar-refractivity contribution in [3.8, 4) is 0 Å². The summed E-state index contributed by atoms with van der Waals surface area (Å²) in [5.41, 5.74) is 5.92. The summed E-state index contributed by atoms with van der Waals surface area (Å²) in [6.07, 6.45) is -3.85. The first kappa shape index (κ1) is 16.5. The number of hydrogen-bond donors (Lipinski definition) is 2. The number of ether oxygens (including phenoxy) is 1. The Morgan fingerprint density at radius 3 is 2.70 bits per heavy atom. The van der Waals surface area contributed by atoms with Crippen molar-refractivity contribution in [1.82, 2.24) is 0 Å². The van der Waals surface area contributed by atoms with Crippen molar-refractivity contribution in [2.75, 3.05) is 24.3 Å². The normalized spacial score (nSPS) is 11.7. The highest BCUT2D eigenvalue weighted by Gasteiger charge is 2.41. The van der Waals surface area contributed by atoms with Crippen molar-refractivity contribution in [2.24, 2.45) is 0 Å². The number of hydrogen-bond acceptors (Lipinski definition) is 3. The van der Waals surface area contributed by atoms with Crippen molar-refractivity contribution in [3.63, 3.8) is 0 Å². The van der Waals surface area contributed by atoms with Gasteiger partial charge in [-0.2, -0.15) is 8.78 Å². The largest absolute Gasteiger partial charge is 0.397 e. The fraction of sp³-hybridized carbons (Fsp3) is 0.364. The first-order valence-electron chi connectivity index (χ1n) is 5.31. The zero-order chi connectivity index (χ0) is 15.3. The number of nitrogens with two attached hydrogens (primary N) is 1. The third kappa shape index (κ3) is 4.86. The number of carbonyl (C=O) groups is 1. The van der Waals surface area contributed by atoms with E-state index in [-0.39, 0.29) is 11.4 Å². The predicted octanol–water partition coefficient (Wildman–Crippen LogP) is 2.78. The zero-order valence-corrected chi connectivity index (χ0v) is 10.8. The summed E-state index contributed by atoms with van der Waals surface area (Å²) in [6, 6.07) is 4.28. The van der Waals surface area contributed by atoms with E-state index in [9.17, 15) is 22.4 Å². The van der Waals surface area contributed by atoms with E-state index < -0.39 is 31.5 Å². The van der Waals surface area contributed by atoms with Gasteiger partial charge in [-0.25, -0.2) is 8.78 Å². The van der Waals surface area contributed by atoms with E-state index in [1.54, 1.807) is 0 Å². The van der Waals surface area contributed by atoms with Gasteiger partial charge in [0, 0.05) is 5.02 Å². The molecule has 0 aliphatic heterocycles. The molecule has 0 aliphatic carbocycles. The number of anilines is 2. The summed E-state index contributed by atoms with van der Waals surface area (Å²) in [7, 11) is 0. The van der Waals surface area contributed by atoms with Crippen molar-refractivity contribution >= 4 is 28.9 Å². The van der Waals surface area contributed by atoms with Crippen molar-refractivity contribution < 1.29 is 27.1 Å². The van der Waals surface area contributed by atoms with Crippen LogP contribution in [0, 0.1) is 0 Å². The van der Waals surface area contributed by atoms with E-state index in [0.717, 1.165) is 0 Å². The van der Waals surface area contributed by atoms with Gasteiger partial charge < -0.3 is 15.8 Å². The van der Waals surface area contributed by atoms with Crippen LogP contribution in [0.15, 0.2) is 18.2 Å². The Bertz CT molecular complexity index is 485. The molecule has 0 unspecified atom stereocenters. The van der Waals surface area contributed by atoms with Gasteiger partial charge in [-0.1, -0.05) is 11.6 Å². The number of carbonyl (C=O) groups excluding carboxylic acids is 1. The van der Waals surface area contributed by atoms with Crippen molar-refractivity contribution in [1.29, 1.82) is 0 Å². The Labute approximate surface area is 116 Å². The van der Waals surface area contributed by atoms with E-state index in [4.69, 9.17) is 17.3 Å². The Kier molecular flexibility index (Phi) is 5.58. The highest BCUT2D eigenvalue weighted by atomic mass is 35.5. The third-order valence-electron chi connectivity index (χ3n) is 2.14. The molecule has 112 valence electrons. The second-order valence-electron chi connectivity index (χ2n) is 3.83. The smallest absolute Gasteiger partial charge is 0.330 e. The molecular formula is C11H11ClF4N2O2. The molecule has 0 fully saturated rings. The molecule has 1 amide bonds. The summed E-state index contributed by atoms with van der Waals surface area (Å²) >= 11 is 5.68. The van der Waals surface area contributed by atoms with E-state index in [0.29, 0.717) is 5.02 Å². The van der Waals surface area contributed by atoms with E-state index in [1.807, 2.05) is 0 Å². The van der Waals surface area contributed by atoms with Crippen LogP contribution in [0.4, 0.5) is 28.9 Å². The molecular weight excluding hydrogens is 304 g/mol. The van der Waals surface area contributed by atoms with E-state index in [1.165, 1.54) is 18.2 Å². The Hall–Kier alpha value is -1.54. The number of amides is 1. The van der Waals surface area contributed by atoms with Gasteiger partial charge in [0.05, 0.1) is 11.4 Å². The first-order valence-corrected chi connectivity index (χ1v) is 5.69. The molecule has 0 atom stereocenters. The lowest BCUT2D eigenvalue weighted by Crippen LogP contribution is -2.34. The second-order valence-corrected chi connectivity index (χ2v) is 4.27. The SMILES string of the molecule is Nc1ccc(Cl)cc1NC(=O)COCC(F)(F)C(F)F. The minimum Gasteiger partial charge on any atom is -0.397 e. The number of alkyl halides is 4. The lowest BCUT2D eigenvalue weighted by molar-refractivity contribution is -0.167. The highest BCUT2D eigenvalue weighted by molar-refractivity contribution is 6.31.